The minimum atomic E-state index is -1.63. The molecule has 0 radical (unpaired) electrons. The van der Waals surface area contributed by atoms with Gasteiger partial charge in [0.2, 0.25) is 29.4 Å². The van der Waals surface area contributed by atoms with Crippen LogP contribution in [0.1, 0.15) is 105 Å². The Morgan fingerprint density at radius 1 is 0.386 bits per heavy atom. The average Bonchev–Trinajstić information content (AvgIpc) is 1.69. The molecule has 6 aromatic heterocycles. The van der Waals surface area contributed by atoms with Gasteiger partial charge in [-0.2, -0.15) is 0 Å². The van der Waals surface area contributed by atoms with E-state index in [1.54, 1.807) is 71.3 Å². The molecule has 24 nitrogen and oxygen atoms in total. The summed E-state index contributed by atoms with van der Waals surface area (Å²) in [6.07, 6.45) is 9.70. The van der Waals surface area contributed by atoms with Crippen LogP contribution >= 0.6 is 0 Å². The van der Waals surface area contributed by atoms with E-state index < -0.39 is 21.2 Å². The van der Waals surface area contributed by atoms with Gasteiger partial charge in [0.25, 0.3) is 5.88 Å². The van der Waals surface area contributed by atoms with Crippen LogP contribution in [0.15, 0.2) is 73.6 Å². The zero-order valence-corrected chi connectivity index (χ0v) is 55.3. The number of aromatic hydroxyl groups is 1. The lowest BCUT2D eigenvalue weighted by Gasteiger charge is -2.32. The van der Waals surface area contributed by atoms with E-state index in [-0.39, 0.29) is 64.9 Å². The fraction of sp³-hybridized carbons (Fsp3) is 0.492. The molecule has 3 fully saturated rings. The van der Waals surface area contributed by atoms with Gasteiger partial charge >= 0.3 is 35.4 Å². The number of rotatable bonds is 11. The molecule has 0 bridgehead atoms. The van der Waals surface area contributed by atoms with Crippen LogP contribution in [0.2, 0.25) is 6.82 Å². The highest BCUT2D eigenvalue weighted by Crippen LogP contribution is 2.39. The van der Waals surface area contributed by atoms with Gasteiger partial charge in [0.15, 0.2) is 5.75 Å². The van der Waals surface area contributed by atoms with Gasteiger partial charge in [-0.25, -0.2) is 29.9 Å². The zero-order valence-electron chi connectivity index (χ0n) is 55.3. The number of hydrogen-bond donors (Lipinski definition) is 6. The quantitative estimate of drug-likeness (QED) is 0.0997. The first kappa shape index (κ1) is 73.5. The summed E-state index contributed by atoms with van der Waals surface area (Å²) in [5.41, 5.74) is 17.9. The lowest BCUT2D eigenvalue weighted by molar-refractivity contribution is 0.00578. The summed E-state index contributed by atoms with van der Waals surface area (Å²) in [7, 11) is 6.44. The van der Waals surface area contributed by atoms with Crippen molar-refractivity contribution in [2.45, 2.75) is 151 Å². The highest BCUT2D eigenvalue weighted by atomic mass is 16.7. The summed E-state index contributed by atoms with van der Waals surface area (Å²) >= 11 is 0. The number of nitrogen functional groups attached to an aromatic ring is 2. The Bertz CT molecular complexity index is 2950. The van der Waals surface area contributed by atoms with E-state index >= 15 is 0 Å². The van der Waals surface area contributed by atoms with Crippen molar-refractivity contribution >= 4 is 74.1 Å². The summed E-state index contributed by atoms with van der Waals surface area (Å²) in [5, 5.41) is 35.7. The van der Waals surface area contributed by atoms with Crippen LogP contribution in [0.4, 0.5) is 11.4 Å². The van der Waals surface area contributed by atoms with Crippen molar-refractivity contribution in [2.24, 2.45) is 0 Å². The summed E-state index contributed by atoms with van der Waals surface area (Å²) in [6, 6.07) is 10.6. The number of anilines is 2. The second-order valence-electron chi connectivity index (χ2n) is 23.9. The Labute approximate surface area is 520 Å². The molecule has 0 aliphatic carbocycles. The van der Waals surface area contributed by atoms with Crippen molar-refractivity contribution in [2.75, 3.05) is 54.1 Å². The van der Waals surface area contributed by atoms with Gasteiger partial charge in [-0.15, -0.1) is 0 Å². The van der Waals surface area contributed by atoms with Crippen molar-refractivity contribution in [3.05, 3.63) is 95.8 Å². The van der Waals surface area contributed by atoms with E-state index in [2.05, 4.69) is 34.6 Å². The summed E-state index contributed by atoms with van der Waals surface area (Å²) in [4.78, 5) is 24.2. The van der Waals surface area contributed by atoms with Crippen LogP contribution in [-0.4, -0.2) is 162 Å². The number of aryl methyl sites for hydroxylation is 4. The van der Waals surface area contributed by atoms with Gasteiger partial charge in [0.05, 0.1) is 87.6 Å². The van der Waals surface area contributed by atoms with Gasteiger partial charge in [0.1, 0.15) is 0 Å². The first-order valence-electron chi connectivity index (χ1n) is 28.2. The van der Waals surface area contributed by atoms with E-state index in [0.29, 0.717) is 46.2 Å². The SMILES string of the molecule is COc1ncc(B(C)O)cc1N.COc1ncc(B(O)O)cc1O.COc1ncc(B2OC(C)(C)C(C)(C)O2)cc1C.COc1ncc(B2OC(C)(C)C(C)(C)O2)cc1C.COc1ncc(B2OC(C)(C)C(C)(C)O2)cc1N.COc1ncc(C)cc1C. The van der Waals surface area contributed by atoms with Crippen LogP contribution in [-0.2, 0) is 27.9 Å². The molecule has 3 aliphatic rings. The van der Waals surface area contributed by atoms with Crippen LogP contribution in [0.5, 0.6) is 41.0 Å². The Balaban J connectivity index is 0.000000229. The van der Waals surface area contributed by atoms with Gasteiger partial charge in [-0.3, -0.25) is 0 Å². The second kappa shape index (κ2) is 30.5. The first-order chi connectivity index (χ1) is 40.8. The number of methoxy groups -OCH3 is 6. The summed E-state index contributed by atoms with van der Waals surface area (Å²) in [6.45, 7) is 33.4. The number of hydrogen-bond acceptors (Lipinski definition) is 24. The van der Waals surface area contributed by atoms with Gasteiger partial charge in [-0.1, -0.05) is 19.0 Å². The maximum atomic E-state index is 9.18. The third kappa shape index (κ3) is 18.8. The van der Waals surface area contributed by atoms with E-state index in [1.807, 2.05) is 129 Å². The maximum absolute atomic E-state index is 9.18. The van der Waals surface area contributed by atoms with Gasteiger partial charge in [0, 0.05) is 75.7 Å². The number of aromatic nitrogens is 6. The topological polar surface area (TPSA) is 321 Å². The Morgan fingerprint density at radius 3 is 0.955 bits per heavy atom. The van der Waals surface area contributed by atoms with Crippen molar-refractivity contribution in [3.8, 4) is 41.0 Å². The minimum Gasteiger partial charge on any atom is -0.503 e. The standard InChI is InChI=1S/2C13H20BNO3.C12H19BN2O3.C8H11NO.C7H11BN2O2.C6H8BNO4/c2*1-9-7-10(8-15-11(9)16-6)14-17-12(2,3)13(4,5)18-14;1-11(2)12(3,4)18-13(17-11)8-6-9(14)10(16-5)15-7-8;1-6-4-7(2)8(10-3)9-5-6;1-8(11)5-3-6(9)7(12-2)10-4-5;1-12-6-5(9)2-4(3-8-6)7(10)11/h2*7-8H,1-6H3;6-7H,14H2,1-5H3;4-5H,1-3H3;3-4,11H,9H2,1-2H3;2-3,9-11H,1H3. The average molecular weight is 1220 g/mol. The monoisotopic (exact) mass is 1220 g/mol. The smallest absolute Gasteiger partial charge is 0.496 e. The minimum absolute atomic E-state index is 0.0550. The zero-order chi connectivity index (χ0) is 66.5. The molecule has 3 aliphatic heterocycles. The van der Waals surface area contributed by atoms with Crippen molar-refractivity contribution in [1.82, 2.24) is 29.9 Å². The predicted octanol–water partition coefficient (Wildman–Crippen LogP) is 4.04. The molecule has 29 heteroatoms. The number of pyridine rings is 6. The molecule has 0 saturated carbocycles. The molecular formula is C59H89B5N8O16. The van der Waals surface area contributed by atoms with E-state index in [1.165, 1.54) is 39.2 Å². The highest BCUT2D eigenvalue weighted by Gasteiger charge is 2.54. The lowest BCUT2D eigenvalue weighted by Crippen LogP contribution is -2.41. The Hall–Kier alpha value is -6.94. The highest BCUT2D eigenvalue weighted by molar-refractivity contribution is 6.65. The van der Waals surface area contributed by atoms with Crippen LogP contribution < -0.4 is 67.2 Å². The molecule has 9 rings (SSSR count). The fourth-order valence-electron chi connectivity index (χ4n) is 8.13. The molecular weight excluding hydrogens is 1130 g/mol. The molecule has 8 N–H and O–H groups in total. The summed E-state index contributed by atoms with van der Waals surface area (Å²) in [5.74, 6) is 2.62. The van der Waals surface area contributed by atoms with Crippen LogP contribution in [0, 0.1) is 27.7 Å². The summed E-state index contributed by atoms with van der Waals surface area (Å²) < 4.78 is 65.6. The first-order valence-corrected chi connectivity index (χ1v) is 28.2. The molecule has 0 spiro atoms. The third-order valence-corrected chi connectivity index (χ3v) is 15.4. The van der Waals surface area contributed by atoms with Crippen molar-refractivity contribution in [3.63, 3.8) is 0 Å². The van der Waals surface area contributed by atoms with E-state index in [0.717, 1.165) is 33.1 Å². The molecule has 88 heavy (non-hydrogen) atoms. The molecule has 0 unspecified atom stereocenters. The lowest BCUT2D eigenvalue weighted by atomic mass is 9.65. The maximum Gasteiger partial charge on any atom is 0.496 e. The van der Waals surface area contributed by atoms with Gasteiger partial charge in [-0.05, 0) is 146 Å². The normalized spacial score (nSPS) is 16.6. The van der Waals surface area contributed by atoms with Gasteiger partial charge < -0.3 is 88.0 Å². The number of nitrogens with zero attached hydrogens (tertiary/aromatic N) is 6. The van der Waals surface area contributed by atoms with Crippen LogP contribution in [0.25, 0.3) is 0 Å². The molecule has 0 atom stereocenters. The predicted molar refractivity (Wildman–Crippen MR) is 345 cm³/mol. The fourth-order valence-corrected chi connectivity index (χ4v) is 8.13. The molecule has 476 valence electrons. The molecule has 3 saturated heterocycles. The molecule has 6 aromatic rings. The Morgan fingerprint density at radius 2 is 0.670 bits per heavy atom. The third-order valence-electron chi connectivity index (χ3n) is 15.4. The van der Waals surface area contributed by atoms with Crippen molar-refractivity contribution < 1.29 is 76.5 Å². The second-order valence-corrected chi connectivity index (χ2v) is 23.9. The van der Waals surface area contributed by atoms with E-state index in [9.17, 15) is 5.02 Å². The largest absolute Gasteiger partial charge is 0.503 e. The Kier molecular flexibility index (Phi) is 25.5. The van der Waals surface area contributed by atoms with Crippen LogP contribution in [0.3, 0.4) is 0 Å². The molecule has 9 heterocycles. The van der Waals surface area contributed by atoms with Crippen molar-refractivity contribution in [1.29, 1.82) is 0 Å². The number of ether oxygens (including phenoxy) is 6. The molecule has 0 aromatic carbocycles. The number of nitrogens with two attached hydrogens (primary N) is 2. The molecule has 0 amide bonds. The van der Waals surface area contributed by atoms with E-state index in [4.69, 9.17) is 78.2 Å².